The van der Waals surface area contributed by atoms with E-state index in [1.807, 2.05) is 0 Å². The maximum Gasteiger partial charge on any atom is 0.211 e. The molecule has 1 heterocycles. The number of rotatable bonds is 4. The summed E-state index contributed by atoms with van der Waals surface area (Å²) in [6, 6.07) is -0.606. The van der Waals surface area contributed by atoms with Crippen molar-refractivity contribution in [3.8, 4) is 0 Å². The molecule has 58 valence electrons. The molecule has 0 amide bonds. The average molecular weight is 146 g/mol. The molecule has 1 unspecified atom stereocenters. The molecule has 0 aromatic carbocycles. The largest absolute Gasteiger partial charge is 0.396 e. The van der Waals surface area contributed by atoms with Crippen LogP contribution in [0.3, 0.4) is 0 Å². The first kappa shape index (κ1) is 7.62. The Morgan fingerprint density at radius 3 is 2.90 bits per heavy atom. The fraction of sp³-hybridized carbons (Fsp3) is 0.800. The highest BCUT2D eigenvalue weighted by atomic mass is 16.8. The van der Waals surface area contributed by atoms with Gasteiger partial charge >= 0.3 is 0 Å². The number of carbonyl (C=O) groups is 1. The number of hydroxylamine groups is 1. The van der Waals surface area contributed by atoms with Crippen LogP contribution in [0.5, 0.6) is 0 Å². The Labute approximate surface area is 58.1 Å². The molecule has 1 saturated heterocycles. The van der Waals surface area contributed by atoms with E-state index < -0.39 is 12.3 Å². The Bertz CT molecular complexity index is 135. The van der Waals surface area contributed by atoms with Gasteiger partial charge in [0.15, 0.2) is 5.78 Å². The van der Waals surface area contributed by atoms with Crippen molar-refractivity contribution in [3.05, 3.63) is 0 Å². The van der Waals surface area contributed by atoms with Crippen molar-refractivity contribution in [1.29, 1.82) is 0 Å². The number of carbonyl (C=O) groups excluding carboxylic acids is 1. The molecule has 0 bridgehead atoms. The molecule has 5 nitrogen and oxygen atoms in total. The minimum Gasteiger partial charge on any atom is -0.396 e. The van der Waals surface area contributed by atoms with E-state index in [1.54, 1.807) is 0 Å². The molecule has 0 radical (unpaired) electrons. The van der Waals surface area contributed by atoms with Gasteiger partial charge in [-0.3, -0.25) is 9.63 Å². The number of Topliss-reactive ketones (excluding diaryl/α,β-unsaturated/α-hetero) is 1. The summed E-state index contributed by atoms with van der Waals surface area (Å²) in [5.74, 6) is -0.200. The third kappa shape index (κ3) is 1.74. The summed E-state index contributed by atoms with van der Waals surface area (Å²) >= 11 is 0. The van der Waals surface area contributed by atoms with E-state index in [1.165, 1.54) is 0 Å². The van der Waals surface area contributed by atoms with Crippen molar-refractivity contribution < 1.29 is 14.7 Å². The lowest BCUT2D eigenvalue weighted by molar-refractivity contribution is -0.121. The van der Waals surface area contributed by atoms with E-state index >= 15 is 0 Å². The summed E-state index contributed by atoms with van der Waals surface area (Å²) in [6.45, 7) is -0.0698. The van der Waals surface area contributed by atoms with E-state index in [9.17, 15) is 4.79 Å². The smallest absolute Gasteiger partial charge is 0.211 e. The zero-order valence-electron chi connectivity index (χ0n) is 5.41. The topological polar surface area (TPSA) is 97.8 Å². The lowest BCUT2D eigenvalue weighted by Crippen LogP contribution is -2.35. The highest BCUT2D eigenvalue weighted by Gasteiger charge is 2.34. The van der Waals surface area contributed by atoms with Crippen molar-refractivity contribution in [2.45, 2.75) is 18.7 Å². The maximum atomic E-state index is 10.9. The summed E-state index contributed by atoms with van der Waals surface area (Å²) in [5, 5.41) is 8.39. The second-order valence-corrected chi connectivity index (χ2v) is 2.14. The van der Waals surface area contributed by atoms with Crippen molar-refractivity contribution in [1.82, 2.24) is 5.48 Å². The average Bonchev–Trinajstić information content (AvgIpc) is 2.68. The van der Waals surface area contributed by atoms with Crippen LogP contribution in [-0.2, 0) is 9.63 Å². The van der Waals surface area contributed by atoms with Crippen LogP contribution in [0.2, 0.25) is 0 Å². The van der Waals surface area contributed by atoms with Crippen molar-refractivity contribution >= 4 is 5.78 Å². The third-order valence-electron chi connectivity index (χ3n) is 1.30. The van der Waals surface area contributed by atoms with Gasteiger partial charge in [0.2, 0.25) is 6.23 Å². The zero-order chi connectivity index (χ0) is 7.56. The normalized spacial score (nSPS) is 26.0. The van der Waals surface area contributed by atoms with Crippen LogP contribution in [0.4, 0.5) is 0 Å². The van der Waals surface area contributed by atoms with E-state index in [4.69, 9.17) is 10.8 Å². The van der Waals surface area contributed by atoms with Crippen molar-refractivity contribution in [3.63, 3.8) is 0 Å². The molecule has 2 atom stereocenters. The summed E-state index contributed by atoms with van der Waals surface area (Å²) in [4.78, 5) is 15.3. The SMILES string of the molecule is N[C@@H](CCO)C(=O)C1NO1. The number of aliphatic hydroxyl groups is 1. The van der Waals surface area contributed by atoms with Crippen molar-refractivity contribution in [2.75, 3.05) is 6.61 Å². The summed E-state index contributed by atoms with van der Waals surface area (Å²) in [7, 11) is 0. The van der Waals surface area contributed by atoms with E-state index in [2.05, 4.69) is 10.3 Å². The van der Waals surface area contributed by atoms with Gasteiger partial charge in [0, 0.05) is 6.61 Å². The summed E-state index contributed by atoms with van der Waals surface area (Å²) < 4.78 is 0. The third-order valence-corrected chi connectivity index (χ3v) is 1.30. The lowest BCUT2D eigenvalue weighted by atomic mass is 10.1. The van der Waals surface area contributed by atoms with Gasteiger partial charge in [0.1, 0.15) is 0 Å². The fourth-order valence-electron chi connectivity index (χ4n) is 0.626. The number of hydrogen-bond donors (Lipinski definition) is 3. The Balaban J connectivity index is 2.24. The van der Waals surface area contributed by atoms with Crippen LogP contribution in [0.1, 0.15) is 6.42 Å². The number of nitrogens with one attached hydrogen (secondary N) is 1. The number of aliphatic hydroxyl groups excluding tert-OH is 1. The second-order valence-electron chi connectivity index (χ2n) is 2.14. The Morgan fingerprint density at radius 1 is 1.90 bits per heavy atom. The van der Waals surface area contributed by atoms with Crippen LogP contribution in [0, 0.1) is 0 Å². The monoisotopic (exact) mass is 146 g/mol. The highest BCUT2D eigenvalue weighted by molar-refractivity contribution is 5.88. The molecule has 1 fully saturated rings. The molecule has 1 aliphatic rings. The van der Waals surface area contributed by atoms with Crippen LogP contribution < -0.4 is 11.2 Å². The molecule has 0 aromatic rings. The molecule has 5 heteroatoms. The second kappa shape index (κ2) is 3.07. The first-order valence-electron chi connectivity index (χ1n) is 3.07. The summed E-state index contributed by atoms with van der Waals surface area (Å²) in [6.07, 6.45) is -0.234. The molecule has 0 spiro atoms. The standard InChI is InChI=1S/C5H10N2O3/c6-3(1-2-8)4(9)5-7-10-5/h3,5,7-8H,1-2,6H2/t3-,5?/m0/s1. The van der Waals surface area contributed by atoms with Gasteiger partial charge in [0.05, 0.1) is 6.04 Å². The predicted octanol–water partition coefficient (Wildman–Crippen LogP) is -1.87. The molecule has 0 aromatic heterocycles. The molecule has 1 aliphatic heterocycles. The van der Waals surface area contributed by atoms with Gasteiger partial charge in [-0.05, 0) is 6.42 Å². The van der Waals surface area contributed by atoms with E-state index in [0.717, 1.165) is 0 Å². The quantitative estimate of drug-likeness (QED) is 0.403. The number of hydrogen-bond acceptors (Lipinski definition) is 5. The Kier molecular flexibility index (Phi) is 2.34. The van der Waals surface area contributed by atoms with Crippen LogP contribution in [-0.4, -0.2) is 29.8 Å². The molecule has 0 saturated carbocycles. The lowest BCUT2D eigenvalue weighted by Gasteiger charge is -2.03. The Hall–Kier alpha value is -0.490. The van der Waals surface area contributed by atoms with Gasteiger partial charge in [-0.25, -0.2) is 0 Å². The highest BCUT2D eigenvalue weighted by Crippen LogP contribution is 2.04. The first-order valence-corrected chi connectivity index (χ1v) is 3.07. The first-order chi connectivity index (χ1) is 4.75. The molecule has 4 N–H and O–H groups in total. The van der Waals surface area contributed by atoms with Gasteiger partial charge in [0.25, 0.3) is 0 Å². The zero-order valence-corrected chi connectivity index (χ0v) is 5.41. The molecular formula is C5H10N2O3. The minimum atomic E-state index is -0.606. The van der Waals surface area contributed by atoms with E-state index in [0.29, 0.717) is 6.42 Å². The Morgan fingerprint density at radius 2 is 2.50 bits per heavy atom. The molecule has 10 heavy (non-hydrogen) atoms. The number of ketones is 1. The molecular weight excluding hydrogens is 136 g/mol. The van der Waals surface area contributed by atoms with Gasteiger partial charge in [-0.1, -0.05) is 0 Å². The molecule has 0 aliphatic carbocycles. The fourth-order valence-corrected chi connectivity index (χ4v) is 0.626. The van der Waals surface area contributed by atoms with Crippen LogP contribution >= 0.6 is 0 Å². The van der Waals surface area contributed by atoms with Crippen LogP contribution in [0.15, 0.2) is 0 Å². The van der Waals surface area contributed by atoms with Crippen LogP contribution in [0.25, 0.3) is 0 Å². The predicted molar refractivity (Wildman–Crippen MR) is 32.7 cm³/mol. The minimum absolute atomic E-state index is 0.0698. The maximum absolute atomic E-state index is 10.9. The molecule has 1 rings (SSSR count). The number of nitrogens with two attached hydrogens (primary N) is 1. The van der Waals surface area contributed by atoms with Gasteiger partial charge < -0.3 is 10.8 Å². The van der Waals surface area contributed by atoms with Crippen molar-refractivity contribution in [2.24, 2.45) is 5.73 Å². The summed E-state index contributed by atoms with van der Waals surface area (Å²) in [5.41, 5.74) is 7.70. The van der Waals surface area contributed by atoms with Gasteiger partial charge in [-0.15, -0.1) is 0 Å². The van der Waals surface area contributed by atoms with E-state index in [-0.39, 0.29) is 12.4 Å². The van der Waals surface area contributed by atoms with Gasteiger partial charge in [-0.2, -0.15) is 5.48 Å².